The SMILES string of the molecule is Cc1ncnc2nc[nH]c12.O. The zero-order valence-electron chi connectivity index (χ0n) is 6.00. The van der Waals surface area contributed by atoms with Crippen molar-refractivity contribution < 1.29 is 5.48 Å². The Balaban J connectivity index is 0.000000605. The van der Waals surface area contributed by atoms with Gasteiger partial charge in [0, 0.05) is 0 Å². The monoisotopic (exact) mass is 152 g/mol. The third kappa shape index (κ3) is 1.05. The molecule has 0 unspecified atom stereocenters. The summed E-state index contributed by atoms with van der Waals surface area (Å²) in [6.07, 6.45) is 3.13. The van der Waals surface area contributed by atoms with Crippen LogP contribution in [0, 0.1) is 6.92 Å². The lowest BCUT2D eigenvalue weighted by molar-refractivity contribution is 0.824. The number of H-pyrrole nitrogens is 1. The van der Waals surface area contributed by atoms with E-state index >= 15 is 0 Å². The van der Waals surface area contributed by atoms with E-state index in [1.807, 2.05) is 6.92 Å². The standard InChI is InChI=1S/C6H6N4.H2O/c1-4-5-6(9-2-7-4)10-3-8-5;/h2-3H,1H3,(H,7,8,9,10);1H2. The average Bonchev–Trinajstić information content (AvgIpc) is 2.36. The second-order valence-corrected chi connectivity index (χ2v) is 2.06. The van der Waals surface area contributed by atoms with E-state index in [1.165, 1.54) is 6.33 Å². The van der Waals surface area contributed by atoms with Gasteiger partial charge in [0.2, 0.25) is 0 Å². The number of hydrogen-bond donors (Lipinski definition) is 1. The molecule has 0 spiro atoms. The van der Waals surface area contributed by atoms with Gasteiger partial charge in [0.1, 0.15) is 11.8 Å². The first-order chi connectivity index (χ1) is 4.88. The van der Waals surface area contributed by atoms with Crippen molar-refractivity contribution in [2.24, 2.45) is 0 Å². The molecule has 5 heteroatoms. The average molecular weight is 152 g/mol. The van der Waals surface area contributed by atoms with Gasteiger partial charge in [0.05, 0.1) is 12.0 Å². The van der Waals surface area contributed by atoms with Crippen LogP contribution in [-0.4, -0.2) is 25.4 Å². The minimum Gasteiger partial charge on any atom is -0.412 e. The molecule has 2 heterocycles. The molecule has 0 aliphatic rings. The molecule has 2 aromatic rings. The van der Waals surface area contributed by atoms with Gasteiger partial charge in [-0.2, -0.15) is 0 Å². The predicted octanol–water partition coefficient (Wildman–Crippen LogP) is -0.163. The van der Waals surface area contributed by atoms with Crippen molar-refractivity contribution in [1.82, 2.24) is 19.9 Å². The van der Waals surface area contributed by atoms with E-state index in [0.717, 1.165) is 16.9 Å². The molecular formula is C6H8N4O. The van der Waals surface area contributed by atoms with Crippen molar-refractivity contribution in [2.75, 3.05) is 0 Å². The van der Waals surface area contributed by atoms with Gasteiger partial charge in [-0.3, -0.25) is 0 Å². The molecule has 0 saturated carbocycles. The fraction of sp³-hybridized carbons (Fsp3) is 0.167. The van der Waals surface area contributed by atoms with Crippen molar-refractivity contribution in [3.8, 4) is 0 Å². The first kappa shape index (κ1) is 7.62. The number of imidazole rings is 1. The van der Waals surface area contributed by atoms with Crippen molar-refractivity contribution in [1.29, 1.82) is 0 Å². The Morgan fingerprint density at radius 3 is 2.82 bits per heavy atom. The summed E-state index contributed by atoms with van der Waals surface area (Å²) in [7, 11) is 0. The van der Waals surface area contributed by atoms with Crippen LogP contribution in [0.5, 0.6) is 0 Å². The number of nitrogens with one attached hydrogen (secondary N) is 1. The van der Waals surface area contributed by atoms with Gasteiger partial charge in [-0.15, -0.1) is 0 Å². The molecule has 0 fully saturated rings. The lowest BCUT2D eigenvalue weighted by atomic mass is 10.4. The third-order valence-electron chi connectivity index (χ3n) is 1.41. The maximum absolute atomic E-state index is 4.00. The van der Waals surface area contributed by atoms with Crippen LogP contribution >= 0.6 is 0 Å². The van der Waals surface area contributed by atoms with Crippen LogP contribution in [0.4, 0.5) is 0 Å². The van der Waals surface area contributed by atoms with Gasteiger partial charge in [-0.25, -0.2) is 15.0 Å². The Morgan fingerprint density at radius 2 is 2.09 bits per heavy atom. The topological polar surface area (TPSA) is 86.0 Å². The first-order valence-electron chi connectivity index (χ1n) is 2.98. The van der Waals surface area contributed by atoms with Crippen LogP contribution in [0.3, 0.4) is 0 Å². The lowest BCUT2D eigenvalue weighted by Gasteiger charge is -1.89. The van der Waals surface area contributed by atoms with Crippen LogP contribution in [0.2, 0.25) is 0 Å². The smallest absolute Gasteiger partial charge is 0.180 e. The van der Waals surface area contributed by atoms with Crippen LogP contribution < -0.4 is 0 Å². The normalized spacial score (nSPS) is 9.55. The summed E-state index contributed by atoms with van der Waals surface area (Å²) in [6.45, 7) is 1.92. The molecule has 3 N–H and O–H groups in total. The zero-order chi connectivity index (χ0) is 6.97. The molecule has 58 valence electrons. The number of aromatic nitrogens is 4. The van der Waals surface area contributed by atoms with E-state index in [0.29, 0.717) is 0 Å². The summed E-state index contributed by atoms with van der Waals surface area (Å²) in [5.74, 6) is 0. The highest BCUT2D eigenvalue weighted by Gasteiger charge is 1.98. The summed E-state index contributed by atoms with van der Waals surface area (Å²) in [5.41, 5.74) is 2.58. The molecule has 2 aromatic heterocycles. The van der Waals surface area contributed by atoms with Crippen LogP contribution in [0.15, 0.2) is 12.7 Å². The van der Waals surface area contributed by atoms with E-state index in [2.05, 4.69) is 19.9 Å². The molecule has 0 saturated heterocycles. The molecule has 0 aliphatic carbocycles. The van der Waals surface area contributed by atoms with Gasteiger partial charge in [-0.1, -0.05) is 0 Å². The third-order valence-corrected chi connectivity index (χ3v) is 1.41. The minimum absolute atomic E-state index is 0. The van der Waals surface area contributed by atoms with Gasteiger partial charge in [0.25, 0.3) is 0 Å². The molecular weight excluding hydrogens is 144 g/mol. The highest BCUT2D eigenvalue weighted by molar-refractivity contribution is 5.71. The Hall–Kier alpha value is -1.49. The molecule has 11 heavy (non-hydrogen) atoms. The first-order valence-corrected chi connectivity index (χ1v) is 2.98. The zero-order valence-corrected chi connectivity index (χ0v) is 6.00. The number of aryl methyl sites for hydroxylation is 1. The molecule has 0 bridgehead atoms. The summed E-state index contributed by atoms with van der Waals surface area (Å²) >= 11 is 0. The molecule has 5 nitrogen and oxygen atoms in total. The van der Waals surface area contributed by atoms with E-state index in [9.17, 15) is 0 Å². The van der Waals surface area contributed by atoms with E-state index in [1.54, 1.807) is 6.33 Å². The number of fused-ring (bicyclic) bond motifs is 1. The summed E-state index contributed by atoms with van der Waals surface area (Å²) in [4.78, 5) is 14.9. The number of rotatable bonds is 0. The van der Waals surface area contributed by atoms with Crippen molar-refractivity contribution in [2.45, 2.75) is 6.92 Å². The fourth-order valence-corrected chi connectivity index (χ4v) is 0.886. The van der Waals surface area contributed by atoms with E-state index in [-0.39, 0.29) is 5.48 Å². The van der Waals surface area contributed by atoms with Crippen molar-refractivity contribution in [3.63, 3.8) is 0 Å². The largest absolute Gasteiger partial charge is 0.412 e. The Morgan fingerprint density at radius 1 is 1.27 bits per heavy atom. The minimum atomic E-state index is 0. The maximum atomic E-state index is 4.00. The molecule has 0 amide bonds. The van der Waals surface area contributed by atoms with Crippen LogP contribution in [0.1, 0.15) is 5.69 Å². The van der Waals surface area contributed by atoms with Crippen molar-refractivity contribution in [3.05, 3.63) is 18.3 Å². The second kappa shape index (κ2) is 2.63. The highest BCUT2D eigenvalue weighted by Crippen LogP contribution is 2.06. The second-order valence-electron chi connectivity index (χ2n) is 2.06. The maximum Gasteiger partial charge on any atom is 0.180 e. The number of nitrogens with zero attached hydrogens (tertiary/aromatic N) is 3. The molecule has 0 aliphatic heterocycles. The van der Waals surface area contributed by atoms with Crippen molar-refractivity contribution >= 4 is 11.2 Å². The predicted molar refractivity (Wildman–Crippen MR) is 40.0 cm³/mol. The van der Waals surface area contributed by atoms with Gasteiger partial charge >= 0.3 is 0 Å². The summed E-state index contributed by atoms with van der Waals surface area (Å²) < 4.78 is 0. The van der Waals surface area contributed by atoms with Crippen LogP contribution in [0.25, 0.3) is 11.2 Å². The highest BCUT2D eigenvalue weighted by atomic mass is 16.0. The quantitative estimate of drug-likeness (QED) is 0.568. The van der Waals surface area contributed by atoms with Gasteiger partial charge < -0.3 is 10.5 Å². The Labute approximate surface area is 62.8 Å². The number of aromatic amines is 1. The molecule has 0 aromatic carbocycles. The molecule has 2 rings (SSSR count). The van der Waals surface area contributed by atoms with Gasteiger partial charge in [-0.05, 0) is 6.92 Å². The number of hydrogen-bond acceptors (Lipinski definition) is 3. The van der Waals surface area contributed by atoms with E-state index < -0.39 is 0 Å². The van der Waals surface area contributed by atoms with E-state index in [4.69, 9.17) is 0 Å². The Bertz CT molecular complexity index is 356. The summed E-state index contributed by atoms with van der Waals surface area (Å²) in [6, 6.07) is 0. The van der Waals surface area contributed by atoms with Crippen LogP contribution in [-0.2, 0) is 0 Å². The molecule has 0 atom stereocenters. The lowest BCUT2D eigenvalue weighted by Crippen LogP contribution is -1.84. The Kier molecular flexibility index (Phi) is 1.82. The van der Waals surface area contributed by atoms with Gasteiger partial charge in [0.15, 0.2) is 5.65 Å². The fourth-order valence-electron chi connectivity index (χ4n) is 0.886. The molecule has 0 radical (unpaired) electrons. The summed E-state index contributed by atoms with van der Waals surface area (Å²) in [5, 5.41) is 0.